The van der Waals surface area contributed by atoms with Crippen LogP contribution in [0.1, 0.15) is 10.4 Å². The third kappa shape index (κ3) is 2.54. The molecule has 0 fully saturated rings. The largest absolute Gasteiger partial charge is 0.398 e. The molecule has 86 valence electrons. The maximum absolute atomic E-state index is 13.0. The summed E-state index contributed by atoms with van der Waals surface area (Å²) in [6.07, 6.45) is 2.97. The van der Waals surface area contributed by atoms with Gasteiger partial charge in [-0.05, 0) is 24.3 Å². The highest BCUT2D eigenvalue weighted by atomic mass is 19.1. The molecule has 0 spiro atoms. The Hall–Kier alpha value is -2.50. The second kappa shape index (κ2) is 4.56. The Labute approximate surface area is 96.5 Å². The van der Waals surface area contributed by atoms with Crippen molar-refractivity contribution < 1.29 is 9.18 Å². The van der Waals surface area contributed by atoms with Gasteiger partial charge in [0.25, 0.3) is 5.91 Å². The average Bonchev–Trinajstić information content (AvgIpc) is 2.33. The fraction of sp³-hybridized carbons (Fsp3) is 0. The summed E-state index contributed by atoms with van der Waals surface area (Å²) >= 11 is 0. The summed E-state index contributed by atoms with van der Waals surface area (Å²) in [5.74, 6) is -0.937. The lowest BCUT2D eigenvalue weighted by Gasteiger charge is -2.05. The molecule has 3 N–H and O–H groups in total. The highest BCUT2D eigenvalue weighted by molar-refractivity contribution is 6.06. The third-order valence-electron chi connectivity index (χ3n) is 2.05. The number of carbonyl (C=O) groups is 1. The predicted molar refractivity (Wildman–Crippen MR) is 60.8 cm³/mol. The van der Waals surface area contributed by atoms with E-state index in [0.717, 1.165) is 6.07 Å². The number of hydrogen-bond acceptors (Lipinski definition) is 4. The van der Waals surface area contributed by atoms with Crippen LogP contribution in [0.5, 0.6) is 0 Å². The first-order valence-electron chi connectivity index (χ1n) is 4.80. The number of amides is 1. The smallest absolute Gasteiger partial charge is 0.260 e. The molecular weight excluding hydrogens is 223 g/mol. The normalized spacial score (nSPS) is 9.94. The van der Waals surface area contributed by atoms with Gasteiger partial charge in [0.1, 0.15) is 5.82 Å². The van der Waals surface area contributed by atoms with E-state index in [-0.39, 0.29) is 17.2 Å². The maximum Gasteiger partial charge on any atom is 0.260 e. The number of nitrogens with one attached hydrogen (secondary N) is 1. The van der Waals surface area contributed by atoms with E-state index in [9.17, 15) is 9.18 Å². The summed E-state index contributed by atoms with van der Waals surface area (Å²) < 4.78 is 13.0. The van der Waals surface area contributed by atoms with E-state index >= 15 is 0 Å². The average molecular weight is 232 g/mol. The van der Waals surface area contributed by atoms with Crippen LogP contribution in [0.4, 0.5) is 16.0 Å². The Morgan fingerprint density at radius 2 is 2.00 bits per heavy atom. The molecule has 0 unspecified atom stereocenters. The summed E-state index contributed by atoms with van der Waals surface area (Å²) in [5, 5.41) is 2.42. The van der Waals surface area contributed by atoms with Crippen molar-refractivity contribution in [1.82, 2.24) is 9.97 Å². The monoisotopic (exact) mass is 232 g/mol. The number of nitrogens with zero attached hydrogens (tertiary/aromatic N) is 2. The fourth-order valence-corrected chi connectivity index (χ4v) is 1.26. The van der Waals surface area contributed by atoms with Gasteiger partial charge in [0.2, 0.25) is 5.95 Å². The summed E-state index contributed by atoms with van der Waals surface area (Å²) in [7, 11) is 0. The molecule has 0 radical (unpaired) electrons. The molecule has 17 heavy (non-hydrogen) atoms. The number of halogens is 1. The van der Waals surface area contributed by atoms with Gasteiger partial charge in [-0.25, -0.2) is 14.4 Å². The van der Waals surface area contributed by atoms with Crippen LogP contribution in [0.15, 0.2) is 36.7 Å². The van der Waals surface area contributed by atoms with Crippen molar-refractivity contribution in [3.63, 3.8) is 0 Å². The molecular formula is C11H9FN4O. The molecule has 6 heteroatoms. The number of carbonyl (C=O) groups excluding carboxylic acids is 1. The SMILES string of the molecule is Nc1ccc(F)cc1C(=O)Nc1ncccn1. The maximum atomic E-state index is 13.0. The lowest BCUT2D eigenvalue weighted by atomic mass is 10.1. The van der Waals surface area contributed by atoms with Crippen molar-refractivity contribution in [2.75, 3.05) is 11.1 Å². The van der Waals surface area contributed by atoms with Crippen molar-refractivity contribution in [3.8, 4) is 0 Å². The standard InChI is InChI=1S/C11H9FN4O/c12-7-2-3-9(13)8(6-7)10(17)16-11-14-4-1-5-15-11/h1-6H,13H2,(H,14,15,16,17). The number of nitrogen functional groups attached to an aromatic ring is 1. The third-order valence-corrected chi connectivity index (χ3v) is 2.05. The van der Waals surface area contributed by atoms with Gasteiger partial charge in [0.15, 0.2) is 0 Å². The van der Waals surface area contributed by atoms with Crippen molar-refractivity contribution >= 4 is 17.5 Å². The van der Waals surface area contributed by atoms with Gasteiger partial charge in [-0.15, -0.1) is 0 Å². The minimum absolute atomic E-state index is 0.0532. The lowest BCUT2D eigenvalue weighted by molar-refractivity contribution is 0.102. The van der Waals surface area contributed by atoms with E-state index < -0.39 is 11.7 Å². The Morgan fingerprint density at radius 3 is 2.71 bits per heavy atom. The first-order valence-corrected chi connectivity index (χ1v) is 4.80. The molecule has 1 heterocycles. The van der Waals surface area contributed by atoms with Crippen LogP contribution in [0.25, 0.3) is 0 Å². The van der Waals surface area contributed by atoms with Gasteiger partial charge in [0.05, 0.1) is 5.56 Å². The molecule has 2 rings (SSSR count). The topological polar surface area (TPSA) is 80.9 Å². The number of benzene rings is 1. The summed E-state index contributed by atoms with van der Waals surface area (Å²) in [6, 6.07) is 5.20. The summed E-state index contributed by atoms with van der Waals surface area (Å²) in [6.45, 7) is 0. The van der Waals surface area contributed by atoms with Crippen LogP contribution in [-0.4, -0.2) is 15.9 Å². The van der Waals surface area contributed by atoms with Crippen LogP contribution in [0.3, 0.4) is 0 Å². The van der Waals surface area contributed by atoms with E-state index in [2.05, 4.69) is 15.3 Å². The number of anilines is 2. The Morgan fingerprint density at radius 1 is 1.29 bits per heavy atom. The van der Waals surface area contributed by atoms with E-state index in [0.29, 0.717) is 0 Å². The highest BCUT2D eigenvalue weighted by Crippen LogP contribution is 2.14. The fourth-order valence-electron chi connectivity index (χ4n) is 1.26. The van der Waals surface area contributed by atoms with E-state index in [1.165, 1.54) is 24.5 Å². The highest BCUT2D eigenvalue weighted by Gasteiger charge is 2.11. The Kier molecular flexibility index (Phi) is 2.95. The van der Waals surface area contributed by atoms with Gasteiger partial charge < -0.3 is 5.73 Å². The zero-order valence-electron chi connectivity index (χ0n) is 8.72. The molecule has 0 aliphatic heterocycles. The molecule has 0 saturated carbocycles. The molecule has 1 amide bonds. The van der Waals surface area contributed by atoms with Gasteiger partial charge >= 0.3 is 0 Å². The van der Waals surface area contributed by atoms with Gasteiger partial charge in [0, 0.05) is 18.1 Å². The molecule has 0 atom stereocenters. The number of hydrogen-bond donors (Lipinski definition) is 2. The molecule has 0 bridgehead atoms. The van der Waals surface area contributed by atoms with Crippen LogP contribution < -0.4 is 11.1 Å². The van der Waals surface area contributed by atoms with E-state index in [1.54, 1.807) is 6.07 Å². The second-order valence-corrected chi connectivity index (χ2v) is 3.26. The van der Waals surface area contributed by atoms with Gasteiger partial charge in [-0.1, -0.05) is 0 Å². The second-order valence-electron chi connectivity index (χ2n) is 3.26. The number of rotatable bonds is 2. The van der Waals surface area contributed by atoms with Gasteiger partial charge in [-0.2, -0.15) is 0 Å². The Balaban J connectivity index is 2.23. The van der Waals surface area contributed by atoms with Crippen LogP contribution >= 0.6 is 0 Å². The zero-order valence-corrected chi connectivity index (χ0v) is 8.72. The first kappa shape index (κ1) is 11.0. The van der Waals surface area contributed by atoms with Crippen LogP contribution in [0.2, 0.25) is 0 Å². The minimum atomic E-state index is -0.548. The van der Waals surface area contributed by atoms with Crippen LogP contribution in [0, 0.1) is 5.82 Å². The predicted octanol–water partition coefficient (Wildman–Crippen LogP) is 1.45. The van der Waals surface area contributed by atoms with Gasteiger partial charge in [-0.3, -0.25) is 10.1 Å². The van der Waals surface area contributed by atoms with Crippen LogP contribution in [-0.2, 0) is 0 Å². The molecule has 0 aliphatic carbocycles. The minimum Gasteiger partial charge on any atom is -0.398 e. The van der Waals surface area contributed by atoms with Crippen molar-refractivity contribution in [1.29, 1.82) is 0 Å². The first-order chi connectivity index (χ1) is 8.16. The van der Waals surface area contributed by atoms with E-state index in [1.807, 2.05) is 0 Å². The van der Waals surface area contributed by atoms with Crippen molar-refractivity contribution in [2.24, 2.45) is 0 Å². The van der Waals surface area contributed by atoms with E-state index in [4.69, 9.17) is 5.73 Å². The number of aromatic nitrogens is 2. The van der Waals surface area contributed by atoms with Crippen molar-refractivity contribution in [3.05, 3.63) is 48.0 Å². The molecule has 0 aliphatic rings. The molecule has 1 aromatic carbocycles. The zero-order chi connectivity index (χ0) is 12.3. The molecule has 1 aromatic heterocycles. The summed E-state index contributed by atoms with van der Waals surface area (Å²) in [4.78, 5) is 19.4. The lowest BCUT2D eigenvalue weighted by Crippen LogP contribution is -2.16. The quantitative estimate of drug-likeness (QED) is 0.768. The summed E-state index contributed by atoms with van der Waals surface area (Å²) in [5.41, 5.74) is 5.82. The number of nitrogens with two attached hydrogens (primary N) is 1. The molecule has 2 aromatic rings. The van der Waals surface area contributed by atoms with Crippen molar-refractivity contribution in [2.45, 2.75) is 0 Å². The Bertz CT molecular complexity index is 544. The molecule has 5 nitrogen and oxygen atoms in total. The molecule has 0 saturated heterocycles.